The van der Waals surface area contributed by atoms with Crippen molar-refractivity contribution in [3.05, 3.63) is 120 Å². The standard InChI is InChI=1S/C35H33N5O3S2/c1-4-30(34(43)39-35-38-28-15-8-9-16-31(28)45-35)44-27-14-10-13-25(22-27)36-33(42)29(37-32(41)24-11-6-5-7-12-24)21-23-17-19-26(20-18-23)40(2)3/h5-22,30H,4H2,1-3H3,(H,36,42)(H,37,41)(H,38,39,43)/b29-21+. The van der Waals surface area contributed by atoms with E-state index in [0.29, 0.717) is 22.8 Å². The van der Waals surface area contributed by atoms with Gasteiger partial charge in [0.25, 0.3) is 11.8 Å². The van der Waals surface area contributed by atoms with Crippen LogP contribution in [0.2, 0.25) is 0 Å². The summed E-state index contributed by atoms with van der Waals surface area (Å²) in [6, 6.07) is 31.5. The molecular formula is C35H33N5O3S2. The summed E-state index contributed by atoms with van der Waals surface area (Å²) in [7, 11) is 3.90. The number of fused-ring (bicyclic) bond motifs is 1. The first-order valence-corrected chi connectivity index (χ1v) is 16.1. The maximum atomic E-state index is 13.6. The summed E-state index contributed by atoms with van der Waals surface area (Å²) in [6.45, 7) is 1.96. The average molecular weight is 636 g/mol. The molecule has 1 atom stereocenters. The lowest BCUT2D eigenvalue weighted by Gasteiger charge is -2.15. The van der Waals surface area contributed by atoms with E-state index in [0.717, 1.165) is 26.4 Å². The summed E-state index contributed by atoms with van der Waals surface area (Å²) >= 11 is 2.85. The summed E-state index contributed by atoms with van der Waals surface area (Å²) in [5.74, 6) is -1.000. The Bertz CT molecular complexity index is 1800. The Morgan fingerprint density at radius 1 is 0.889 bits per heavy atom. The van der Waals surface area contributed by atoms with Gasteiger partial charge in [0.1, 0.15) is 5.70 Å². The molecule has 10 heteroatoms. The van der Waals surface area contributed by atoms with Gasteiger partial charge < -0.3 is 20.9 Å². The van der Waals surface area contributed by atoms with Gasteiger partial charge in [-0.1, -0.05) is 66.8 Å². The number of aromatic nitrogens is 1. The molecule has 0 aliphatic carbocycles. The van der Waals surface area contributed by atoms with Crippen molar-refractivity contribution in [1.29, 1.82) is 0 Å². The Morgan fingerprint density at radius 3 is 2.33 bits per heavy atom. The van der Waals surface area contributed by atoms with Crippen molar-refractivity contribution in [2.75, 3.05) is 29.6 Å². The summed E-state index contributed by atoms with van der Waals surface area (Å²) < 4.78 is 1.01. The lowest BCUT2D eigenvalue weighted by atomic mass is 10.1. The number of carbonyl (C=O) groups is 3. The van der Waals surface area contributed by atoms with Crippen molar-refractivity contribution in [2.45, 2.75) is 23.5 Å². The molecule has 8 nitrogen and oxygen atoms in total. The van der Waals surface area contributed by atoms with Crippen molar-refractivity contribution >= 4 is 73.6 Å². The largest absolute Gasteiger partial charge is 0.378 e. The minimum absolute atomic E-state index is 0.0983. The van der Waals surface area contributed by atoms with Gasteiger partial charge in [-0.3, -0.25) is 14.4 Å². The number of thiazole rings is 1. The van der Waals surface area contributed by atoms with Gasteiger partial charge in [-0.05, 0) is 72.7 Å². The molecule has 0 fully saturated rings. The zero-order valence-corrected chi connectivity index (χ0v) is 26.7. The Balaban J connectivity index is 1.31. The van der Waals surface area contributed by atoms with Crippen molar-refractivity contribution in [3.63, 3.8) is 0 Å². The van der Waals surface area contributed by atoms with Gasteiger partial charge in [0, 0.05) is 35.9 Å². The summed E-state index contributed by atoms with van der Waals surface area (Å²) in [5.41, 5.74) is 3.69. The number of nitrogens with zero attached hydrogens (tertiary/aromatic N) is 2. The monoisotopic (exact) mass is 635 g/mol. The molecule has 4 aromatic carbocycles. The topological polar surface area (TPSA) is 103 Å². The Morgan fingerprint density at radius 2 is 1.62 bits per heavy atom. The predicted octanol–water partition coefficient (Wildman–Crippen LogP) is 7.28. The van der Waals surface area contributed by atoms with Crippen LogP contribution in [0, 0.1) is 0 Å². The van der Waals surface area contributed by atoms with Gasteiger partial charge >= 0.3 is 0 Å². The second-order valence-electron chi connectivity index (χ2n) is 10.3. The highest BCUT2D eigenvalue weighted by atomic mass is 32.2. The second kappa shape index (κ2) is 14.7. The highest BCUT2D eigenvalue weighted by molar-refractivity contribution is 8.00. The second-order valence-corrected chi connectivity index (χ2v) is 12.6. The average Bonchev–Trinajstić information content (AvgIpc) is 3.46. The summed E-state index contributed by atoms with van der Waals surface area (Å²) in [6.07, 6.45) is 2.25. The number of anilines is 3. The van der Waals surface area contributed by atoms with E-state index >= 15 is 0 Å². The van der Waals surface area contributed by atoms with Crippen molar-refractivity contribution in [1.82, 2.24) is 10.3 Å². The Kier molecular flexibility index (Phi) is 10.3. The Labute approximate surface area is 270 Å². The zero-order valence-electron chi connectivity index (χ0n) is 25.1. The van der Waals surface area contributed by atoms with Crippen molar-refractivity contribution in [2.24, 2.45) is 0 Å². The molecule has 1 aromatic heterocycles. The van der Waals surface area contributed by atoms with Crippen LogP contribution in [0.25, 0.3) is 16.3 Å². The molecule has 228 valence electrons. The molecule has 3 amide bonds. The minimum Gasteiger partial charge on any atom is -0.378 e. The molecular weight excluding hydrogens is 603 g/mol. The Hall–Kier alpha value is -4.93. The molecule has 0 spiro atoms. The van der Waals surface area contributed by atoms with Gasteiger partial charge in [-0.15, -0.1) is 11.8 Å². The molecule has 0 bridgehead atoms. The molecule has 45 heavy (non-hydrogen) atoms. The fourth-order valence-corrected chi connectivity index (χ4v) is 6.30. The van der Waals surface area contributed by atoms with Crippen LogP contribution in [0.5, 0.6) is 0 Å². The number of benzene rings is 4. The zero-order chi connectivity index (χ0) is 31.8. The van der Waals surface area contributed by atoms with E-state index in [1.807, 2.05) is 98.7 Å². The first-order valence-electron chi connectivity index (χ1n) is 14.4. The van der Waals surface area contributed by atoms with Crippen molar-refractivity contribution in [3.8, 4) is 0 Å². The fraction of sp³-hybridized carbons (Fsp3) is 0.143. The van der Waals surface area contributed by atoms with E-state index in [9.17, 15) is 14.4 Å². The first kappa shape index (κ1) is 31.5. The lowest BCUT2D eigenvalue weighted by molar-refractivity contribution is -0.116. The molecule has 0 radical (unpaired) electrons. The summed E-state index contributed by atoms with van der Waals surface area (Å²) in [4.78, 5) is 47.0. The van der Waals surface area contributed by atoms with E-state index in [1.165, 1.54) is 23.1 Å². The maximum absolute atomic E-state index is 13.6. The molecule has 0 aliphatic heterocycles. The highest BCUT2D eigenvalue weighted by Gasteiger charge is 2.20. The molecule has 3 N–H and O–H groups in total. The van der Waals surface area contributed by atoms with Crippen LogP contribution >= 0.6 is 23.1 Å². The highest BCUT2D eigenvalue weighted by Crippen LogP contribution is 2.30. The molecule has 5 aromatic rings. The quantitative estimate of drug-likeness (QED) is 0.104. The lowest BCUT2D eigenvalue weighted by Crippen LogP contribution is -2.30. The molecule has 0 aliphatic rings. The van der Waals surface area contributed by atoms with E-state index in [2.05, 4.69) is 20.9 Å². The third-order valence-electron chi connectivity index (χ3n) is 6.81. The van der Waals surface area contributed by atoms with E-state index < -0.39 is 11.8 Å². The third kappa shape index (κ3) is 8.37. The number of para-hydroxylation sites is 1. The summed E-state index contributed by atoms with van der Waals surface area (Å²) in [5, 5.41) is 8.85. The molecule has 1 unspecified atom stereocenters. The minimum atomic E-state index is -0.473. The number of thioether (sulfide) groups is 1. The fourth-order valence-electron chi connectivity index (χ4n) is 4.42. The van der Waals surface area contributed by atoms with Crippen LogP contribution in [0.1, 0.15) is 29.3 Å². The van der Waals surface area contributed by atoms with Gasteiger partial charge in [0.2, 0.25) is 5.91 Å². The third-order valence-corrected chi connectivity index (χ3v) is 9.12. The number of amides is 3. The van der Waals surface area contributed by atoms with Crippen LogP contribution < -0.4 is 20.9 Å². The SMILES string of the molecule is CCC(Sc1cccc(NC(=O)/C(=C\c2ccc(N(C)C)cc2)NC(=O)c2ccccc2)c1)C(=O)Nc1nc2ccccc2s1. The smallest absolute Gasteiger partial charge is 0.272 e. The van der Waals surface area contributed by atoms with Crippen LogP contribution in [-0.2, 0) is 9.59 Å². The first-order chi connectivity index (χ1) is 21.8. The number of hydrogen-bond acceptors (Lipinski definition) is 7. The molecule has 5 rings (SSSR count). The van der Waals surface area contributed by atoms with E-state index in [1.54, 1.807) is 36.4 Å². The maximum Gasteiger partial charge on any atom is 0.272 e. The van der Waals surface area contributed by atoms with Crippen LogP contribution in [-0.4, -0.2) is 42.1 Å². The van der Waals surface area contributed by atoms with Gasteiger partial charge in [0.15, 0.2) is 5.13 Å². The van der Waals surface area contributed by atoms with E-state index in [-0.39, 0.29) is 16.9 Å². The van der Waals surface area contributed by atoms with Crippen LogP contribution in [0.3, 0.4) is 0 Å². The molecule has 0 saturated heterocycles. The molecule has 0 saturated carbocycles. The number of rotatable bonds is 11. The number of hydrogen-bond donors (Lipinski definition) is 3. The predicted molar refractivity (Wildman–Crippen MR) is 186 cm³/mol. The number of carbonyl (C=O) groups excluding carboxylic acids is 3. The van der Waals surface area contributed by atoms with Crippen LogP contribution in [0.15, 0.2) is 114 Å². The van der Waals surface area contributed by atoms with Gasteiger partial charge in [-0.25, -0.2) is 4.98 Å². The van der Waals surface area contributed by atoms with Gasteiger partial charge in [-0.2, -0.15) is 0 Å². The van der Waals surface area contributed by atoms with Crippen LogP contribution in [0.4, 0.5) is 16.5 Å². The van der Waals surface area contributed by atoms with Gasteiger partial charge in [0.05, 0.1) is 15.5 Å². The number of nitrogens with one attached hydrogen (secondary N) is 3. The molecule has 1 heterocycles. The van der Waals surface area contributed by atoms with Crippen molar-refractivity contribution < 1.29 is 14.4 Å². The van der Waals surface area contributed by atoms with E-state index in [4.69, 9.17) is 0 Å². The normalized spacial score (nSPS) is 11.9.